The molecule has 0 fully saturated rings. The molecule has 0 saturated carbocycles. The van der Waals surface area contributed by atoms with Gasteiger partial charge in [0.1, 0.15) is 5.75 Å². The predicted molar refractivity (Wildman–Crippen MR) is 66.1 cm³/mol. The number of phenols is 1. The fourth-order valence-electron chi connectivity index (χ4n) is 1.35. The van der Waals surface area contributed by atoms with E-state index in [1.807, 2.05) is 5.38 Å². The van der Waals surface area contributed by atoms with Crippen molar-refractivity contribution >= 4 is 17.2 Å². The molecule has 1 heterocycles. The van der Waals surface area contributed by atoms with Crippen LogP contribution >= 0.6 is 11.3 Å². The second kappa shape index (κ2) is 4.97. The van der Waals surface area contributed by atoms with Crippen LogP contribution in [0.3, 0.4) is 0 Å². The summed E-state index contributed by atoms with van der Waals surface area (Å²) in [6.07, 6.45) is 0. The van der Waals surface area contributed by atoms with Crippen LogP contribution in [-0.2, 0) is 6.54 Å². The second-order valence-corrected chi connectivity index (χ2v) is 4.38. The van der Waals surface area contributed by atoms with Gasteiger partial charge in [0.2, 0.25) is 0 Å². The third-order valence-corrected chi connectivity index (χ3v) is 3.02. The molecule has 0 radical (unpaired) electrons. The molecule has 0 aliphatic rings. The first-order chi connectivity index (χ1) is 8.16. The van der Waals surface area contributed by atoms with Gasteiger partial charge in [-0.25, -0.2) is 4.98 Å². The molecular formula is C12H12N2O2S. The molecule has 1 aromatic heterocycles. The van der Waals surface area contributed by atoms with Crippen molar-refractivity contribution in [3.05, 3.63) is 45.9 Å². The van der Waals surface area contributed by atoms with Crippen molar-refractivity contribution in [1.82, 2.24) is 10.3 Å². The first kappa shape index (κ1) is 11.6. The van der Waals surface area contributed by atoms with Crippen LogP contribution < -0.4 is 5.32 Å². The topological polar surface area (TPSA) is 62.2 Å². The summed E-state index contributed by atoms with van der Waals surface area (Å²) in [7, 11) is 0. The second-order valence-electron chi connectivity index (χ2n) is 3.66. The number of aromatic hydroxyl groups is 1. The SMILES string of the molecule is Cc1ccc(C(=O)NCc2cscn2)cc1O. The van der Waals surface area contributed by atoms with E-state index in [-0.39, 0.29) is 11.7 Å². The number of amides is 1. The average molecular weight is 248 g/mol. The number of hydrogen-bond donors (Lipinski definition) is 2. The van der Waals surface area contributed by atoms with E-state index >= 15 is 0 Å². The number of aromatic nitrogens is 1. The molecule has 2 rings (SSSR count). The minimum absolute atomic E-state index is 0.131. The Hall–Kier alpha value is -1.88. The molecule has 0 saturated heterocycles. The summed E-state index contributed by atoms with van der Waals surface area (Å²) < 4.78 is 0. The van der Waals surface area contributed by atoms with Gasteiger partial charge in [0, 0.05) is 10.9 Å². The van der Waals surface area contributed by atoms with Crippen molar-refractivity contribution in [2.45, 2.75) is 13.5 Å². The smallest absolute Gasteiger partial charge is 0.251 e. The molecule has 1 aromatic carbocycles. The van der Waals surface area contributed by atoms with Gasteiger partial charge in [-0.3, -0.25) is 4.79 Å². The molecule has 88 valence electrons. The Bertz CT molecular complexity index is 523. The van der Waals surface area contributed by atoms with Crippen LogP contribution in [0, 0.1) is 6.92 Å². The van der Waals surface area contributed by atoms with Crippen LogP contribution in [0.15, 0.2) is 29.1 Å². The molecule has 5 heteroatoms. The number of aryl methyl sites for hydroxylation is 1. The number of nitrogens with one attached hydrogen (secondary N) is 1. The number of thiazole rings is 1. The van der Waals surface area contributed by atoms with Crippen molar-refractivity contribution in [3.8, 4) is 5.75 Å². The van der Waals surface area contributed by atoms with E-state index in [0.29, 0.717) is 12.1 Å². The van der Waals surface area contributed by atoms with E-state index in [1.165, 1.54) is 17.4 Å². The molecule has 0 unspecified atom stereocenters. The highest BCUT2D eigenvalue weighted by molar-refractivity contribution is 7.07. The fourth-order valence-corrected chi connectivity index (χ4v) is 1.91. The molecule has 4 nitrogen and oxygen atoms in total. The third-order valence-electron chi connectivity index (χ3n) is 2.38. The maximum absolute atomic E-state index is 11.8. The van der Waals surface area contributed by atoms with Crippen molar-refractivity contribution in [1.29, 1.82) is 0 Å². The standard InChI is InChI=1S/C12H12N2O2S/c1-8-2-3-9(4-11(8)15)12(16)13-5-10-6-17-7-14-10/h2-4,6-7,15H,5H2,1H3,(H,13,16). The predicted octanol–water partition coefficient (Wildman–Crippen LogP) is 2.09. The Labute approximate surface area is 103 Å². The van der Waals surface area contributed by atoms with Crippen LogP contribution in [-0.4, -0.2) is 16.0 Å². The van der Waals surface area contributed by atoms with E-state index in [2.05, 4.69) is 10.3 Å². The van der Waals surface area contributed by atoms with E-state index in [1.54, 1.807) is 24.6 Å². The Kier molecular flexibility index (Phi) is 3.39. The van der Waals surface area contributed by atoms with Gasteiger partial charge in [0.25, 0.3) is 5.91 Å². The molecule has 1 amide bonds. The lowest BCUT2D eigenvalue weighted by atomic mass is 10.1. The zero-order valence-electron chi connectivity index (χ0n) is 9.30. The molecule has 0 bridgehead atoms. The number of rotatable bonds is 3. The summed E-state index contributed by atoms with van der Waals surface area (Å²) in [5, 5.41) is 14.1. The van der Waals surface area contributed by atoms with Gasteiger partial charge in [-0.05, 0) is 24.6 Å². The molecule has 0 spiro atoms. The van der Waals surface area contributed by atoms with Crippen molar-refractivity contribution in [2.75, 3.05) is 0 Å². The number of benzene rings is 1. The van der Waals surface area contributed by atoms with E-state index < -0.39 is 0 Å². The molecular weight excluding hydrogens is 236 g/mol. The summed E-state index contributed by atoms with van der Waals surface area (Å²) in [5.74, 6) is -0.0837. The highest BCUT2D eigenvalue weighted by Gasteiger charge is 2.07. The van der Waals surface area contributed by atoms with Gasteiger partial charge in [-0.1, -0.05) is 6.07 Å². The summed E-state index contributed by atoms with van der Waals surface area (Å²) in [4.78, 5) is 15.8. The number of phenolic OH excluding ortho intramolecular Hbond substituents is 1. The lowest BCUT2D eigenvalue weighted by molar-refractivity contribution is 0.0950. The summed E-state index contributed by atoms with van der Waals surface area (Å²) in [6.45, 7) is 2.18. The Morgan fingerprint density at radius 2 is 2.35 bits per heavy atom. The molecule has 0 aliphatic carbocycles. The van der Waals surface area contributed by atoms with Gasteiger partial charge in [0.15, 0.2) is 0 Å². The maximum atomic E-state index is 11.8. The third kappa shape index (κ3) is 2.82. The van der Waals surface area contributed by atoms with Crippen LogP contribution in [0.4, 0.5) is 0 Å². The van der Waals surface area contributed by atoms with Crippen LogP contribution in [0.2, 0.25) is 0 Å². The lowest BCUT2D eigenvalue weighted by Gasteiger charge is -2.05. The van der Waals surface area contributed by atoms with Gasteiger partial charge in [-0.15, -0.1) is 11.3 Å². The Morgan fingerprint density at radius 1 is 1.53 bits per heavy atom. The highest BCUT2D eigenvalue weighted by atomic mass is 32.1. The number of hydrogen-bond acceptors (Lipinski definition) is 4. The Balaban J connectivity index is 2.02. The highest BCUT2D eigenvalue weighted by Crippen LogP contribution is 2.17. The fraction of sp³-hybridized carbons (Fsp3) is 0.167. The summed E-state index contributed by atoms with van der Waals surface area (Å²) in [5.41, 5.74) is 3.75. The number of carbonyl (C=O) groups is 1. The van der Waals surface area contributed by atoms with E-state index in [0.717, 1.165) is 11.3 Å². The van der Waals surface area contributed by atoms with Crippen molar-refractivity contribution in [3.63, 3.8) is 0 Å². The lowest BCUT2D eigenvalue weighted by Crippen LogP contribution is -2.22. The quantitative estimate of drug-likeness (QED) is 0.874. The van der Waals surface area contributed by atoms with E-state index in [9.17, 15) is 9.90 Å². The van der Waals surface area contributed by atoms with Crippen molar-refractivity contribution < 1.29 is 9.90 Å². The minimum Gasteiger partial charge on any atom is -0.508 e. The zero-order chi connectivity index (χ0) is 12.3. The number of nitrogens with zero attached hydrogens (tertiary/aromatic N) is 1. The van der Waals surface area contributed by atoms with Crippen LogP contribution in [0.5, 0.6) is 5.75 Å². The van der Waals surface area contributed by atoms with Gasteiger partial charge < -0.3 is 10.4 Å². The molecule has 2 N–H and O–H groups in total. The molecule has 2 aromatic rings. The minimum atomic E-state index is -0.215. The normalized spacial score (nSPS) is 10.2. The summed E-state index contributed by atoms with van der Waals surface area (Å²) in [6, 6.07) is 4.87. The van der Waals surface area contributed by atoms with Crippen molar-refractivity contribution in [2.24, 2.45) is 0 Å². The largest absolute Gasteiger partial charge is 0.508 e. The first-order valence-corrected chi connectivity index (χ1v) is 6.06. The average Bonchev–Trinajstić information content (AvgIpc) is 2.82. The Morgan fingerprint density at radius 3 is 3.00 bits per heavy atom. The van der Waals surface area contributed by atoms with Gasteiger partial charge in [0.05, 0.1) is 17.7 Å². The van der Waals surface area contributed by atoms with Gasteiger partial charge >= 0.3 is 0 Å². The molecule has 17 heavy (non-hydrogen) atoms. The summed E-state index contributed by atoms with van der Waals surface area (Å²) >= 11 is 1.49. The first-order valence-electron chi connectivity index (χ1n) is 5.11. The van der Waals surface area contributed by atoms with Gasteiger partial charge in [-0.2, -0.15) is 0 Å². The monoisotopic (exact) mass is 248 g/mol. The van der Waals surface area contributed by atoms with Crippen LogP contribution in [0.25, 0.3) is 0 Å². The zero-order valence-corrected chi connectivity index (χ0v) is 10.1. The number of carbonyl (C=O) groups excluding carboxylic acids is 1. The van der Waals surface area contributed by atoms with Crippen LogP contribution in [0.1, 0.15) is 21.6 Å². The van der Waals surface area contributed by atoms with E-state index in [4.69, 9.17) is 0 Å². The molecule has 0 atom stereocenters. The molecule has 0 aliphatic heterocycles. The maximum Gasteiger partial charge on any atom is 0.251 e.